The van der Waals surface area contributed by atoms with Crippen LogP contribution in [0.3, 0.4) is 0 Å². The number of para-hydroxylation sites is 2. The lowest BCUT2D eigenvalue weighted by molar-refractivity contribution is -0.115. The number of ether oxygens (including phenoxy) is 1. The third-order valence-electron chi connectivity index (χ3n) is 3.23. The van der Waals surface area contributed by atoms with Crippen molar-refractivity contribution in [2.24, 2.45) is 0 Å². The Morgan fingerprint density at radius 1 is 1.15 bits per heavy atom. The maximum atomic E-state index is 12.0. The van der Waals surface area contributed by atoms with Gasteiger partial charge in [-0.15, -0.1) is 0 Å². The zero-order chi connectivity index (χ0) is 13.9. The Balaban J connectivity index is 2.09. The highest BCUT2D eigenvalue weighted by molar-refractivity contribution is 6.04. The van der Waals surface area contributed by atoms with Crippen molar-refractivity contribution < 1.29 is 9.53 Å². The molecule has 1 heterocycles. The first-order valence-corrected chi connectivity index (χ1v) is 6.68. The second-order valence-electron chi connectivity index (χ2n) is 4.55. The molecule has 0 bridgehead atoms. The van der Waals surface area contributed by atoms with Crippen LogP contribution >= 0.6 is 0 Å². The fourth-order valence-electron chi connectivity index (χ4n) is 2.39. The molecule has 1 N–H and O–H groups in total. The summed E-state index contributed by atoms with van der Waals surface area (Å²) in [4.78, 5) is 14.0. The van der Waals surface area contributed by atoms with E-state index in [0.717, 1.165) is 17.1 Å². The molecule has 0 spiro atoms. The number of hydrogen-bond acceptors (Lipinski definition) is 3. The first kappa shape index (κ1) is 12.5. The van der Waals surface area contributed by atoms with Crippen LogP contribution in [-0.4, -0.2) is 19.1 Å². The van der Waals surface area contributed by atoms with Crippen molar-refractivity contribution >= 4 is 23.0 Å². The van der Waals surface area contributed by atoms with Crippen molar-refractivity contribution in [2.75, 3.05) is 23.4 Å². The monoisotopic (exact) mass is 268 g/mol. The minimum Gasteiger partial charge on any atom is -0.492 e. The Kier molecular flexibility index (Phi) is 3.29. The van der Waals surface area contributed by atoms with Crippen molar-refractivity contribution in [1.82, 2.24) is 0 Å². The summed E-state index contributed by atoms with van der Waals surface area (Å²) in [6, 6.07) is 15.7. The number of nitrogens with one attached hydrogen (secondary N) is 1. The molecule has 0 fully saturated rings. The summed E-state index contributed by atoms with van der Waals surface area (Å²) >= 11 is 0. The molecule has 1 aliphatic rings. The van der Waals surface area contributed by atoms with Crippen LogP contribution < -0.4 is 15.0 Å². The minimum atomic E-state index is -0.0338. The van der Waals surface area contributed by atoms with Gasteiger partial charge in [-0.3, -0.25) is 4.79 Å². The molecule has 0 aromatic heterocycles. The molecule has 4 nitrogen and oxygen atoms in total. The Labute approximate surface area is 118 Å². The third-order valence-corrected chi connectivity index (χ3v) is 3.23. The SMILES string of the molecule is CCOc1cccc2c1NC(=O)CN2c1ccccc1. The summed E-state index contributed by atoms with van der Waals surface area (Å²) in [5.74, 6) is 0.674. The normalized spacial score (nSPS) is 13.7. The largest absolute Gasteiger partial charge is 0.492 e. The summed E-state index contributed by atoms with van der Waals surface area (Å²) in [5, 5.41) is 2.91. The molecular formula is C16H16N2O2. The molecule has 1 aliphatic heterocycles. The fourth-order valence-corrected chi connectivity index (χ4v) is 2.39. The van der Waals surface area contributed by atoms with E-state index >= 15 is 0 Å². The number of fused-ring (bicyclic) bond motifs is 1. The average Bonchev–Trinajstić information content (AvgIpc) is 2.48. The van der Waals surface area contributed by atoms with Crippen LogP contribution in [-0.2, 0) is 4.79 Å². The van der Waals surface area contributed by atoms with Crippen molar-refractivity contribution in [3.05, 3.63) is 48.5 Å². The van der Waals surface area contributed by atoms with Gasteiger partial charge >= 0.3 is 0 Å². The standard InChI is InChI=1S/C16H16N2O2/c1-2-20-14-10-6-9-13-16(14)17-15(19)11-18(13)12-7-4-3-5-8-12/h3-10H,2,11H2,1H3,(H,17,19). The summed E-state index contributed by atoms with van der Waals surface area (Å²) in [6.07, 6.45) is 0. The molecule has 102 valence electrons. The zero-order valence-electron chi connectivity index (χ0n) is 11.3. The molecule has 0 saturated heterocycles. The zero-order valence-corrected chi connectivity index (χ0v) is 11.3. The number of hydrogen-bond donors (Lipinski definition) is 1. The van der Waals surface area contributed by atoms with Crippen molar-refractivity contribution in [1.29, 1.82) is 0 Å². The second-order valence-corrected chi connectivity index (χ2v) is 4.55. The lowest BCUT2D eigenvalue weighted by atomic mass is 10.1. The van der Waals surface area contributed by atoms with Gasteiger partial charge in [0.1, 0.15) is 18.0 Å². The lowest BCUT2D eigenvalue weighted by Crippen LogP contribution is -2.35. The van der Waals surface area contributed by atoms with E-state index in [0.29, 0.717) is 18.9 Å². The quantitative estimate of drug-likeness (QED) is 0.929. The van der Waals surface area contributed by atoms with E-state index < -0.39 is 0 Å². The molecule has 20 heavy (non-hydrogen) atoms. The van der Waals surface area contributed by atoms with Gasteiger partial charge < -0.3 is 15.0 Å². The fraction of sp³-hybridized carbons (Fsp3) is 0.188. The number of carbonyl (C=O) groups excluding carboxylic acids is 1. The van der Waals surface area contributed by atoms with E-state index in [-0.39, 0.29) is 5.91 Å². The molecular weight excluding hydrogens is 252 g/mol. The van der Waals surface area contributed by atoms with Gasteiger partial charge in [-0.2, -0.15) is 0 Å². The number of carbonyl (C=O) groups is 1. The summed E-state index contributed by atoms with van der Waals surface area (Å²) in [7, 11) is 0. The molecule has 0 aliphatic carbocycles. The maximum absolute atomic E-state index is 12.0. The first-order chi connectivity index (χ1) is 9.79. The predicted octanol–water partition coefficient (Wildman–Crippen LogP) is 3.18. The number of amides is 1. The first-order valence-electron chi connectivity index (χ1n) is 6.68. The van der Waals surface area contributed by atoms with Gasteiger partial charge in [0.05, 0.1) is 12.3 Å². The van der Waals surface area contributed by atoms with Gasteiger partial charge in [0.15, 0.2) is 0 Å². The Hall–Kier alpha value is -2.49. The van der Waals surface area contributed by atoms with Crippen LogP contribution in [0.5, 0.6) is 5.75 Å². The van der Waals surface area contributed by atoms with Crippen LogP contribution in [0.1, 0.15) is 6.92 Å². The highest BCUT2D eigenvalue weighted by atomic mass is 16.5. The lowest BCUT2D eigenvalue weighted by Gasteiger charge is -2.31. The molecule has 2 aromatic rings. The number of anilines is 3. The highest BCUT2D eigenvalue weighted by Crippen LogP contribution is 2.40. The molecule has 0 saturated carbocycles. The number of benzene rings is 2. The van der Waals surface area contributed by atoms with Crippen molar-refractivity contribution in [2.45, 2.75) is 6.92 Å². The Morgan fingerprint density at radius 2 is 1.95 bits per heavy atom. The second kappa shape index (κ2) is 5.25. The Morgan fingerprint density at radius 3 is 2.70 bits per heavy atom. The van der Waals surface area contributed by atoms with E-state index in [1.54, 1.807) is 0 Å². The van der Waals surface area contributed by atoms with Gasteiger partial charge in [-0.25, -0.2) is 0 Å². The molecule has 1 amide bonds. The van der Waals surface area contributed by atoms with Gasteiger partial charge in [-0.05, 0) is 31.2 Å². The topological polar surface area (TPSA) is 41.6 Å². The molecule has 2 aromatic carbocycles. The van der Waals surface area contributed by atoms with Gasteiger partial charge in [0.2, 0.25) is 5.91 Å². The minimum absolute atomic E-state index is 0.0338. The number of nitrogens with zero attached hydrogens (tertiary/aromatic N) is 1. The van der Waals surface area contributed by atoms with Crippen molar-refractivity contribution in [3.8, 4) is 5.75 Å². The van der Waals surface area contributed by atoms with E-state index in [9.17, 15) is 4.79 Å². The van der Waals surface area contributed by atoms with Crippen LogP contribution in [0.25, 0.3) is 0 Å². The van der Waals surface area contributed by atoms with E-state index in [1.165, 1.54) is 0 Å². The van der Waals surface area contributed by atoms with Gasteiger partial charge in [0.25, 0.3) is 0 Å². The molecule has 3 rings (SSSR count). The average molecular weight is 268 g/mol. The Bertz CT molecular complexity index is 626. The van der Waals surface area contributed by atoms with Crippen LogP contribution in [0.4, 0.5) is 17.1 Å². The molecule has 0 atom stereocenters. The van der Waals surface area contributed by atoms with Gasteiger partial charge in [0, 0.05) is 5.69 Å². The van der Waals surface area contributed by atoms with E-state index in [1.807, 2.05) is 60.4 Å². The van der Waals surface area contributed by atoms with Crippen LogP contribution in [0, 0.1) is 0 Å². The van der Waals surface area contributed by atoms with Crippen molar-refractivity contribution in [3.63, 3.8) is 0 Å². The maximum Gasteiger partial charge on any atom is 0.244 e. The molecule has 0 radical (unpaired) electrons. The van der Waals surface area contributed by atoms with E-state index in [2.05, 4.69) is 5.32 Å². The van der Waals surface area contributed by atoms with Crippen LogP contribution in [0.15, 0.2) is 48.5 Å². The smallest absolute Gasteiger partial charge is 0.244 e. The summed E-state index contributed by atoms with van der Waals surface area (Å²) in [6.45, 7) is 2.81. The van der Waals surface area contributed by atoms with Gasteiger partial charge in [-0.1, -0.05) is 24.3 Å². The van der Waals surface area contributed by atoms with Crippen LogP contribution in [0.2, 0.25) is 0 Å². The summed E-state index contributed by atoms with van der Waals surface area (Å²) in [5.41, 5.74) is 2.70. The molecule has 0 unspecified atom stereocenters. The number of rotatable bonds is 3. The predicted molar refractivity (Wildman–Crippen MR) is 79.7 cm³/mol. The highest BCUT2D eigenvalue weighted by Gasteiger charge is 2.25. The third kappa shape index (κ3) is 2.20. The molecule has 4 heteroatoms. The summed E-state index contributed by atoms with van der Waals surface area (Å²) < 4.78 is 5.60. The van der Waals surface area contributed by atoms with E-state index in [4.69, 9.17) is 4.74 Å².